The van der Waals surface area contributed by atoms with Crippen molar-refractivity contribution in [2.75, 3.05) is 6.61 Å². The molecule has 0 saturated carbocycles. The lowest BCUT2D eigenvalue weighted by Crippen LogP contribution is -2.31. The summed E-state index contributed by atoms with van der Waals surface area (Å²) in [5, 5.41) is 0. The minimum Gasteiger partial charge on any atom is -0.474 e. The van der Waals surface area contributed by atoms with Crippen molar-refractivity contribution >= 4 is 17.2 Å². The van der Waals surface area contributed by atoms with E-state index in [-0.39, 0.29) is 5.82 Å². The molecule has 4 aromatic rings. The number of imidazole rings is 1. The molecule has 2 aromatic carbocycles. The predicted octanol–water partition coefficient (Wildman–Crippen LogP) is 5.12. The molecule has 0 bridgehead atoms. The first-order chi connectivity index (χ1) is 14.2. The van der Waals surface area contributed by atoms with E-state index < -0.39 is 5.54 Å². The van der Waals surface area contributed by atoms with Crippen molar-refractivity contribution in [1.82, 2.24) is 9.55 Å². The number of aliphatic imine (C=N–C) groups is 1. The van der Waals surface area contributed by atoms with Crippen LogP contribution in [-0.4, -0.2) is 22.1 Å². The molecule has 0 radical (unpaired) electrons. The van der Waals surface area contributed by atoms with Gasteiger partial charge in [0, 0.05) is 17.3 Å². The summed E-state index contributed by atoms with van der Waals surface area (Å²) in [5.41, 5.74) is 1.47. The fraction of sp³-hybridized carbons (Fsp3) is 0.130. The Morgan fingerprint density at radius 3 is 2.55 bits per heavy atom. The molecule has 0 aliphatic carbocycles. The number of aromatic nitrogens is 2. The summed E-state index contributed by atoms with van der Waals surface area (Å²) in [5.74, 6) is 0.363. The molecule has 0 N–H and O–H groups in total. The van der Waals surface area contributed by atoms with Crippen molar-refractivity contribution in [2.24, 2.45) is 4.99 Å². The molecule has 3 heterocycles. The third-order valence-corrected chi connectivity index (χ3v) is 6.15. The van der Waals surface area contributed by atoms with Crippen molar-refractivity contribution in [2.45, 2.75) is 12.1 Å². The van der Waals surface area contributed by atoms with E-state index in [0.717, 1.165) is 10.4 Å². The van der Waals surface area contributed by atoms with E-state index >= 15 is 0 Å². The highest BCUT2D eigenvalue weighted by atomic mass is 32.1. The number of hydrogen-bond acceptors (Lipinski definition) is 4. The molecule has 0 saturated heterocycles. The maximum atomic E-state index is 13.5. The van der Waals surface area contributed by atoms with Crippen LogP contribution in [0.5, 0.6) is 0 Å². The van der Waals surface area contributed by atoms with Crippen LogP contribution < -0.4 is 0 Å². The van der Waals surface area contributed by atoms with E-state index in [1.807, 2.05) is 35.0 Å². The van der Waals surface area contributed by atoms with Crippen LogP contribution in [0, 0.1) is 5.82 Å². The number of halogens is 1. The summed E-state index contributed by atoms with van der Waals surface area (Å²) >= 11 is 1.65. The molecule has 1 unspecified atom stereocenters. The van der Waals surface area contributed by atoms with E-state index in [9.17, 15) is 4.39 Å². The van der Waals surface area contributed by atoms with Gasteiger partial charge in [-0.25, -0.2) is 14.4 Å². The highest BCUT2D eigenvalue weighted by molar-refractivity contribution is 7.17. The van der Waals surface area contributed by atoms with E-state index in [0.29, 0.717) is 19.0 Å². The molecule has 1 aliphatic heterocycles. The number of ether oxygens (including phenoxy) is 1. The summed E-state index contributed by atoms with van der Waals surface area (Å²) < 4.78 is 21.5. The number of rotatable bonds is 5. The first kappa shape index (κ1) is 17.8. The zero-order valence-electron chi connectivity index (χ0n) is 15.5. The molecular formula is C23H18FN3OS. The molecule has 0 amide bonds. The maximum absolute atomic E-state index is 13.5. The smallest absolute Gasteiger partial charge is 0.227 e. The van der Waals surface area contributed by atoms with Gasteiger partial charge in [0.2, 0.25) is 5.90 Å². The van der Waals surface area contributed by atoms with Crippen molar-refractivity contribution in [3.63, 3.8) is 0 Å². The quantitative estimate of drug-likeness (QED) is 0.464. The van der Waals surface area contributed by atoms with Gasteiger partial charge in [0.25, 0.3) is 0 Å². The van der Waals surface area contributed by atoms with Crippen LogP contribution in [0.2, 0.25) is 0 Å². The number of thiophene rings is 1. The lowest BCUT2D eigenvalue weighted by molar-refractivity contribution is 0.236. The third-order valence-electron chi connectivity index (χ3n) is 5.02. The second-order valence-electron chi connectivity index (χ2n) is 7.01. The Bertz CT molecular complexity index is 1140. The first-order valence-corrected chi connectivity index (χ1v) is 10.1. The topological polar surface area (TPSA) is 39.4 Å². The highest BCUT2D eigenvalue weighted by Crippen LogP contribution is 2.37. The molecule has 0 spiro atoms. The van der Waals surface area contributed by atoms with Crippen LogP contribution in [0.15, 0.2) is 90.4 Å². The predicted molar refractivity (Wildman–Crippen MR) is 113 cm³/mol. The second-order valence-corrected chi connectivity index (χ2v) is 8.09. The van der Waals surface area contributed by atoms with Gasteiger partial charge in [-0.2, -0.15) is 0 Å². The monoisotopic (exact) mass is 403 g/mol. The Kier molecular flexibility index (Phi) is 4.48. The van der Waals surface area contributed by atoms with Gasteiger partial charge in [-0.3, -0.25) is 0 Å². The van der Waals surface area contributed by atoms with E-state index in [2.05, 4.69) is 23.2 Å². The summed E-state index contributed by atoms with van der Waals surface area (Å²) in [6.45, 7) is 0.962. The van der Waals surface area contributed by atoms with Gasteiger partial charge in [-0.05, 0) is 35.4 Å². The van der Waals surface area contributed by atoms with Crippen molar-refractivity contribution < 1.29 is 9.13 Å². The Morgan fingerprint density at radius 1 is 1.00 bits per heavy atom. The molecule has 1 aliphatic rings. The molecule has 5 rings (SSSR count). The lowest BCUT2D eigenvalue weighted by atomic mass is 9.91. The van der Waals surface area contributed by atoms with Crippen molar-refractivity contribution in [3.8, 4) is 10.4 Å². The molecule has 6 heteroatoms. The van der Waals surface area contributed by atoms with Gasteiger partial charge in [0.05, 0.1) is 17.7 Å². The molecule has 4 nitrogen and oxygen atoms in total. The van der Waals surface area contributed by atoms with Crippen LogP contribution in [0.3, 0.4) is 0 Å². The standard InChI is InChI=1S/C23H18FN3OS/c24-19-8-6-18(7-9-19)23(14-27-13-12-25-16-27)15-28-22(26-23)21-11-10-20(29-21)17-4-2-1-3-5-17/h1-13,16H,14-15H2. The first-order valence-electron chi connectivity index (χ1n) is 9.32. The van der Waals surface area contributed by atoms with Crippen molar-refractivity contribution in [1.29, 1.82) is 0 Å². The average molecular weight is 403 g/mol. The van der Waals surface area contributed by atoms with E-state index in [4.69, 9.17) is 9.73 Å². The SMILES string of the molecule is Fc1ccc(C2(Cn3ccnc3)COC(c3ccc(-c4ccccc4)s3)=N2)cc1. The van der Waals surface area contributed by atoms with Gasteiger partial charge >= 0.3 is 0 Å². The maximum Gasteiger partial charge on any atom is 0.227 e. The molecule has 144 valence electrons. The fourth-order valence-electron chi connectivity index (χ4n) is 3.55. The molecule has 29 heavy (non-hydrogen) atoms. The number of nitrogens with zero attached hydrogens (tertiary/aromatic N) is 3. The zero-order valence-corrected chi connectivity index (χ0v) is 16.3. The molecular weight excluding hydrogens is 385 g/mol. The Balaban J connectivity index is 1.52. The van der Waals surface area contributed by atoms with Gasteiger partial charge < -0.3 is 9.30 Å². The summed E-state index contributed by atoms with van der Waals surface area (Å²) in [4.78, 5) is 11.3. The number of benzene rings is 2. The zero-order chi connectivity index (χ0) is 19.7. The van der Waals surface area contributed by atoms with Crippen LogP contribution in [0.25, 0.3) is 10.4 Å². The largest absolute Gasteiger partial charge is 0.474 e. The normalized spacial score (nSPS) is 18.4. The average Bonchev–Trinajstić information content (AvgIpc) is 3.51. The molecule has 1 atom stereocenters. The van der Waals surface area contributed by atoms with E-state index in [1.54, 1.807) is 36.0 Å². The Labute approximate surface area is 172 Å². The summed E-state index contributed by atoms with van der Waals surface area (Å²) in [6, 6.07) is 20.9. The highest BCUT2D eigenvalue weighted by Gasteiger charge is 2.39. The summed E-state index contributed by atoms with van der Waals surface area (Å²) in [6.07, 6.45) is 5.40. The summed E-state index contributed by atoms with van der Waals surface area (Å²) in [7, 11) is 0. The molecule has 2 aromatic heterocycles. The fourth-order valence-corrected chi connectivity index (χ4v) is 4.50. The minimum atomic E-state index is -0.624. The third kappa shape index (κ3) is 3.47. The molecule has 0 fully saturated rings. The number of hydrogen-bond donors (Lipinski definition) is 0. The van der Waals surface area contributed by atoms with Crippen LogP contribution >= 0.6 is 11.3 Å². The Hall–Kier alpha value is -3.25. The van der Waals surface area contributed by atoms with Gasteiger partial charge in [0.15, 0.2) is 0 Å². The van der Waals surface area contributed by atoms with E-state index in [1.165, 1.54) is 22.6 Å². The van der Waals surface area contributed by atoms with Gasteiger partial charge in [-0.15, -0.1) is 11.3 Å². The Morgan fingerprint density at radius 2 is 1.79 bits per heavy atom. The van der Waals surface area contributed by atoms with Gasteiger partial charge in [0.1, 0.15) is 18.0 Å². The van der Waals surface area contributed by atoms with Crippen molar-refractivity contribution in [3.05, 3.63) is 102 Å². The van der Waals surface area contributed by atoms with Crippen LogP contribution in [0.4, 0.5) is 4.39 Å². The lowest BCUT2D eigenvalue weighted by Gasteiger charge is -2.25. The minimum absolute atomic E-state index is 0.264. The second kappa shape index (κ2) is 7.29. The van der Waals surface area contributed by atoms with Gasteiger partial charge in [-0.1, -0.05) is 42.5 Å². The van der Waals surface area contributed by atoms with Crippen LogP contribution in [0.1, 0.15) is 10.4 Å². The van der Waals surface area contributed by atoms with Crippen LogP contribution in [-0.2, 0) is 16.8 Å².